The van der Waals surface area contributed by atoms with Crippen molar-refractivity contribution in [2.75, 3.05) is 0 Å². The molecule has 180 valence electrons. The molecule has 6 heteroatoms. The number of rotatable bonds is 12. The van der Waals surface area contributed by atoms with E-state index in [0.29, 0.717) is 25.9 Å². The maximum Gasteiger partial charge on any atom is 0.320 e. The van der Waals surface area contributed by atoms with Crippen molar-refractivity contribution in [3.05, 3.63) is 35.9 Å². The largest absolute Gasteiger partial charge is 0.461 e. The summed E-state index contributed by atoms with van der Waals surface area (Å²) in [6.45, 7) is 11.0. The normalized spacial score (nSPS) is 11.8. The van der Waals surface area contributed by atoms with E-state index in [9.17, 15) is 14.4 Å². The lowest BCUT2D eigenvalue weighted by Gasteiger charge is -2.26. The predicted octanol–water partition coefficient (Wildman–Crippen LogP) is 5.76. The number of unbranched alkanes of at least 4 members (excludes halogenated alkanes) is 4. The number of carbonyl (C=O) groups excluding carboxylic acids is 3. The van der Waals surface area contributed by atoms with Gasteiger partial charge in [-0.25, -0.2) is 0 Å². The first-order valence-corrected chi connectivity index (χ1v) is 11.5. The van der Waals surface area contributed by atoms with Crippen LogP contribution in [0.1, 0.15) is 92.1 Å². The van der Waals surface area contributed by atoms with Crippen LogP contribution in [-0.2, 0) is 35.2 Å². The number of carbonyl (C=O) groups is 3. The Labute approximate surface area is 193 Å². The molecule has 0 heterocycles. The van der Waals surface area contributed by atoms with Gasteiger partial charge in [0.2, 0.25) is 0 Å². The van der Waals surface area contributed by atoms with Gasteiger partial charge in [-0.3, -0.25) is 14.4 Å². The van der Waals surface area contributed by atoms with Gasteiger partial charge in [-0.1, -0.05) is 56.0 Å². The molecule has 0 spiro atoms. The number of benzene rings is 1. The first-order valence-electron chi connectivity index (χ1n) is 11.5. The van der Waals surface area contributed by atoms with Crippen LogP contribution < -0.4 is 0 Å². The van der Waals surface area contributed by atoms with Gasteiger partial charge in [-0.15, -0.1) is 0 Å². The maximum absolute atomic E-state index is 12.5. The molecule has 0 aliphatic heterocycles. The van der Waals surface area contributed by atoms with E-state index in [4.69, 9.17) is 14.2 Å². The van der Waals surface area contributed by atoms with Gasteiger partial charge >= 0.3 is 17.9 Å². The molecule has 0 fully saturated rings. The van der Waals surface area contributed by atoms with E-state index in [1.165, 1.54) is 0 Å². The second-order valence-electron chi connectivity index (χ2n) is 10.1. The molecule has 6 nitrogen and oxygen atoms in total. The first kappa shape index (κ1) is 27.7. The molecule has 0 saturated carbocycles. The van der Waals surface area contributed by atoms with Crippen molar-refractivity contribution in [1.82, 2.24) is 0 Å². The molecule has 0 aliphatic rings. The summed E-state index contributed by atoms with van der Waals surface area (Å²) in [6, 6.07) is 9.61. The van der Waals surface area contributed by atoms with Crippen molar-refractivity contribution >= 4 is 17.9 Å². The lowest BCUT2D eigenvalue weighted by molar-refractivity contribution is -0.174. The zero-order valence-electron chi connectivity index (χ0n) is 20.6. The summed E-state index contributed by atoms with van der Waals surface area (Å²) in [7, 11) is 0. The highest BCUT2D eigenvalue weighted by Gasteiger charge is 2.34. The molecule has 0 atom stereocenters. The van der Waals surface area contributed by atoms with Gasteiger partial charge in [0.25, 0.3) is 0 Å². The standard InChI is InChI=1S/C26H40O6/c1-25(2,3)31-23(28)21(24(29)32-26(4,5)6)17-13-8-7-9-14-18-22(27)30-19-20-15-11-10-12-16-20/h10-12,15-16,21H,7-9,13-14,17-19H2,1-6H3. The van der Waals surface area contributed by atoms with Crippen molar-refractivity contribution in [2.45, 2.75) is 104 Å². The molecule has 0 aromatic heterocycles. The number of ether oxygens (including phenoxy) is 3. The second kappa shape index (κ2) is 13.2. The molecule has 1 rings (SSSR count). The predicted molar refractivity (Wildman–Crippen MR) is 124 cm³/mol. The highest BCUT2D eigenvalue weighted by molar-refractivity contribution is 5.95. The zero-order valence-corrected chi connectivity index (χ0v) is 20.6. The van der Waals surface area contributed by atoms with Crippen molar-refractivity contribution in [3.63, 3.8) is 0 Å². The van der Waals surface area contributed by atoms with Gasteiger partial charge < -0.3 is 14.2 Å². The van der Waals surface area contributed by atoms with Crippen LogP contribution in [0.4, 0.5) is 0 Å². The summed E-state index contributed by atoms with van der Waals surface area (Å²) in [5.74, 6) is -2.17. The fourth-order valence-electron chi connectivity index (χ4n) is 3.04. The Kier molecular flexibility index (Phi) is 11.4. The van der Waals surface area contributed by atoms with Crippen LogP contribution in [0.15, 0.2) is 30.3 Å². The average molecular weight is 449 g/mol. The SMILES string of the molecule is CC(C)(C)OC(=O)C(CCCCCCCC(=O)OCc1ccccc1)C(=O)OC(C)(C)C. The van der Waals surface area contributed by atoms with Gasteiger partial charge in [0.05, 0.1) is 0 Å². The fourth-order valence-corrected chi connectivity index (χ4v) is 3.04. The Bertz CT molecular complexity index is 684. The van der Waals surface area contributed by atoms with Crippen molar-refractivity contribution in [2.24, 2.45) is 5.92 Å². The molecule has 32 heavy (non-hydrogen) atoms. The monoisotopic (exact) mass is 448 g/mol. The first-order chi connectivity index (χ1) is 14.9. The van der Waals surface area contributed by atoms with E-state index in [1.54, 1.807) is 41.5 Å². The van der Waals surface area contributed by atoms with Crippen molar-refractivity contribution in [3.8, 4) is 0 Å². The van der Waals surface area contributed by atoms with Gasteiger partial charge in [-0.2, -0.15) is 0 Å². The lowest BCUT2D eigenvalue weighted by Crippen LogP contribution is -2.36. The number of hydrogen-bond acceptors (Lipinski definition) is 6. The Morgan fingerprint density at radius 2 is 1.25 bits per heavy atom. The fraction of sp³-hybridized carbons (Fsp3) is 0.654. The molecule has 0 aliphatic carbocycles. The van der Waals surface area contributed by atoms with E-state index < -0.39 is 29.1 Å². The molecule has 0 saturated heterocycles. The van der Waals surface area contributed by atoms with Crippen LogP contribution in [0, 0.1) is 5.92 Å². The minimum atomic E-state index is -0.915. The van der Waals surface area contributed by atoms with Crippen LogP contribution in [-0.4, -0.2) is 29.1 Å². The summed E-state index contributed by atoms with van der Waals surface area (Å²) in [5.41, 5.74) is -0.343. The third-order valence-electron chi connectivity index (χ3n) is 4.50. The quantitative estimate of drug-likeness (QED) is 0.175. The lowest BCUT2D eigenvalue weighted by atomic mass is 9.99. The van der Waals surface area contributed by atoms with E-state index in [-0.39, 0.29) is 5.97 Å². The summed E-state index contributed by atoms with van der Waals surface area (Å²) >= 11 is 0. The highest BCUT2D eigenvalue weighted by Crippen LogP contribution is 2.21. The Morgan fingerprint density at radius 3 is 1.78 bits per heavy atom. The number of esters is 3. The summed E-state index contributed by atoms with van der Waals surface area (Å²) in [4.78, 5) is 36.9. The number of hydrogen-bond donors (Lipinski definition) is 0. The van der Waals surface area contributed by atoms with Crippen LogP contribution in [0.5, 0.6) is 0 Å². The molecule has 1 aromatic rings. The maximum atomic E-state index is 12.5. The second-order valence-corrected chi connectivity index (χ2v) is 10.1. The third kappa shape index (κ3) is 13.1. The minimum absolute atomic E-state index is 0.191. The van der Waals surface area contributed by atoms with E-state index >= 15 is 0 Å². The van der Waals surface area contributed by atoms with Gasteiger partial charge in [0.15, 0.2) is 5.92 Å². The van der Waals surface area contributed by atoms with E-state index in [0.717, 1.165) is 31.2 Å². The minimum Gasteiger partial charge on any atom is -0.461 e. The molecule has 1 aromatic carbocycles. The van der Waals surface area contributed by atoms with Gasteiger partial charge in [0.1, 0.15) is 17.8 Å². The summed E-state index contributed by atoms with van der Waals surface area (Å²) in [5, 5.41) is 0. The van der Waals surface area contributed by atoms with Crippen LogP contribution in [0.2, 0.25) is 0 Å². The smallest absolute Gasteiger partial charge is 0.320 e. The molecule has 0 amide bonds. The molecule has 0 unspecified atom stereocenters. The van der Waals surface area contributed by atoms with Crippen LogP contribution in [0.3, 0.4) is 0 Å². The summed E-state index contributed by atoms with van der Waals surface area (Å²) < 4.78 is 16.1. The Hall–Kier alpha value is -2.37. The van der Waals surface area contributed by atoms with E-state index in [2.05, 4.69) is 0 Å². The van der Waals surface area contributed by atoms with Gasteiger partial charge in [-0.05, 0) is 59.9 Å². The Morgan fingerprint density at radius 1 is 0.750 bits per heavy atom. The topological polar surface area (TPSA) is 78.9 Å². The van der Waals surface area contributed by atoms with Crippen molar-refractivity contribution < 1.29 is 28.6 Å². The molecule has 0 radical (unpaired) electrons. The van der Waals surface area contributed by atoms with Crippen LogP contribution in [0.25, 0.3) is 0 Å². The molecular weight excluding hydrogens is 408 g/mol. The zero-order chi connectivity index (χ0) is 24.2. The molecule has 0 bridgehead atoms. The molecule has 0 N–H and O–H groups in total. The van der Waals surface area contributed by atoms with E-state index in [1.807, 2.05) is 30.3 Å². The van der Waals surface area contributed by atoms with Crippen LogP contribution >= 0.6 is 0 Å². The molecular formula is C26H40O6. The summed E-state index contributed by atoms with van der Waals surface area (Å²) in [6.07, 6.45) is 4.93. The Balaban J connectivity index is 2.31. The van der Waals surface area contributed by atoms with Gasteiger partial charge in [0, 0.05) is 6.42 Å². The third-order valence-corrected chi connectivity index (χ3v) is 4.50. The average Bonchev–Trinajstić information content (AvgIpc) is 2.66. The highest BCUT2D eigenvalue weighted by atomic mass is 16.6. The van der Waals surface area contributed by atoms with Crippen molar-refractivity contribution in [1.29, 1.82) is 0 Å².